The van der Waals surface area contributed by atoms with E-state index in [0.717, 1.165) is 32.1 Å². The van der Waals surface area contributed by atoms with Crippen molar-refractivity contribution in [2.24, 2.45) is 5.92 Å². The molecule has 0 spiro atoms. The summed E-state index contributed by atoms with van der Waals surface area (Å²) in [6, 6.07) is 15.6. The maximum Gasteiger partial charge on any atom is 0.407 e. The van der Waals surface area contributed by atoms with Crippen molar-refractivity contribution in [2.45, 2.75) is 62.9 Å². The molecular weight excluding hydrogens is 444 g/mol. The molecule has 1 saturated heterocycles. The molecule has 5 rings (SSSR count). The van der Waals surface area contributed by atoms with Gasteiger partial charge in [-0.3, -0.25) is 4.79 Å². The first-order valence-corrected chi connectivity index (χ1v) is 12.7. The Hall–Kier alpha value is -3.35. The molecule has 0 bridgehead atoms. The molecule has 0 aromatic heterocycles. The molecule has 2 amide bonds. The Labute approximate surface area is 205 Å². The summed E-state index contributed by atoms with van der Waals surface area (Å²) in [5.74, 6) is -1.07. The largest absolute Gasteiger partial charge is 0.480 e. The summed E-state index contributed by atoms with van der Waals surface area (Å²) in [4.78, 5) is 38.7. The van der Waals surface area contributed by atoms with Gasteiger partial charge in [-0.25, -0.2) is 9.59 Å². The number of benzene rings is 2. The van der Waals surface area contributed by atoms with Crippen molar-refractivity contribution in [1.82, 2.24) is 10.2 Å². The van der Waals surface area contributed by atoms with Gasteiger partial charge in [0.05, 0.1) is 0 Å². The van der Waals surface area contributed by atoms with E-state index in [1.165, 1.54) is 27.2 Å². The van der Waals surface area contributed by atoms with Gasteiger partial charge >= 0.3 is 12.1 Å². The Balaban J connectivity index is 1.20. The Morgan fingerprint density at radius 3 is 2.26 bits per heavy atom. The van der Waals surface area contributed by atoms with Crippen molar-refractivity contribution in [1.29, 1.82) is 0 Å². The Morgan fingerprint density at radius 1 is 0.914 bits per heavy atom. The third-order valence-electron chi connectivity index (χ3n) is 7.85. The average molecular weight is 477 g/mol. The topological polar surface area (TPSA) is 95.9 Å². The van der Waals surface area contributed by atoms with Crippen LogP contribution in [0.5, 0.6) is 0 Å². The van der Waals surface area contributed by atoms with Gasteiger partial charge in [0.2, 0.25) is 5.91 Å². The maximum absolute atomic E-state index is 12.9. The average Bonchev–Trinajstić information content (AvgIpc) is 3.48. The first kappa shape index (κ1) is 23.4. The normalized spacial score (nSPS) is 23.4. The number of hydrogen-bond acceptors (Lipinski definition) is 4. The molecule has 184 valence electrons. The molecule has 1 saturated carbocycles. The molecule has 0 unspecified atom stereocenters. The number of carbonyl (C=O) groups is 3. The van der Waals surface area contributed by atoms with E-state index in [-0.39, 0.29) is 36.8 Å². The van der Waals surface area contributed by atoms with Crippen LogP contribution in [-0.2, 0) is 14.3 Å². The standard InChI is InChI=1S/C28H32N2O5/c31-26(30-15-7-14-25(30)27(32)33)16-18-8-1-6-13-24(18)29-28(34)35-17-23-21-11-4-2-9-19(21)20-10-3-5-12-22(20)23/h2-5,9-12,18,23-25H,1,6-8,13-17H2,(H,29,34)(H,32,33)/t18-,24-,25+/m1/s1. The zero-order valence-corrected chi connectivity index (χ0v) is 19.8. The van der Waals surface area contributed by atoms with Crippen LogP contribution in [0.15, 0.2) is 48.5 Å². The molecule has 2 N–H and O–H groups in total. The molecule has 1 heterocycles. The summed E-state index contributed by atoms with van der Waals surface area (Å²) >= 11 is 0. The molecule has 2 fully saturated rings. The molecule has 2 aliphatic carbocycles. The summed E-state index contributed by atoms with van der Waals surface area (Å²) in [6.07, 6.45) is 4.65. The van der Waals surface area contributed by atoms with E-state index in [1.807, 2.05) is 24.3 Å². The zero-order valence-electron chi connectivity index (χ0n) is 19.8. The number of nitrogens with one attached hydrogen (secondary N) is 1. The minimum absolute atomic E-state index is 0.000000687. The highest BCUT2D eigenvalue weighted by Gasteiger charge is 2.37. The number of likely N-dealkylation sites (tertiary alicyclic amines) is 1. The molecule has 2 aromatic rings. The van der Waals surface area contributed by atoms with E-state index < -0.39 is 18.1 Å². The number of aliphatic carboxylic acids is 1. The minimum Gasteiger partial charge on any atom is -0.480 e. The third-order valence-corrected chi connectivity index (χ3v) is 7.85. The highest BCUT2D eigenvalue weighted by Crippen LogP contribution is 2.44. The van der Waals surface area contributed by atoms with E-state index in [9.17, 15) is 19.5 Å². The molecule has 0 radical (unpaired) electrons. The van der Waals surface area contributed by atoms with E-state index >= 15 is 0 Å². The van der Waals surface area contributed by atoms with Gasteiger partial charge in [-0.05, 0) is 53.9 Å². The van der Waals surface area contributed by atoms with Crippen LogP contribution in [0.3, 0.4) is 0 Å². The van der Waals surface area contributed by atoms with Crippen molar-refractivity contribution in [3.63, 3.8) is 0 Å². The molecule has 7 heteroatoms. The molecule has 35 heavy (non-hydrogen) atoms. The molecule has 1 aliphatic heterocycles. The Bertz CT molecular complexity index is 1070. The molecular formula is C28H32N2O5. The van der Waals surface area contributed by atoms with Crippen LogP contribution in [-0.4, -0.2) is 53.2 Å². The van der Waals surface area contributed by atoms with Crippen LogP contribution in [0.1, 0.15) is 62.0 Å². The molecule has 3 atom stereocenters. The number of carbonyl (C=O) groups excluding carboxylic acids is 2. The van der Waals surface area contributed by atoms with Crippen molar-refractivity contribution in [3.05, 3.63) is 59.7 Å². The second-order valence-electron chi connectivity index (χ2n) is 9.91. The Morgan fingerprint density at radius 2 is 1.57 bits per heavy atom. The fourth-order valence-electron chi connectivity index (χ4n) is 6.10. The molecule has 3 aliphatic rings. The number of hydrogen-bond donors (Lipinski definition) is 2. The smallest absolute Gasteiger partial charge is 0.407 e. The van der Waals surface area contributed by atoms with E-state index in [0.29, 0.717) is 13.0 Å². The van der Waals surface area contributed by atoms with E-state index in [2.05, 4.69) is 29.6 Å². The van der Waals surface area contributed by atoms with Gasteiger partial charge in [0.1, 0.15) is 12.6 Å². The lowest BCUT2D eigenvalue weighted by molar-refractivity contribution is -0.148. The number of rotatable bonds is 6. The van der Waals surface area contributed by atoms with Crippen molar-refractivity contribution < 1.29 is 24.2 Å². The van der Waals surface area contributed by atoms with Gasteiger partial charge in [-0.1, -0.05) is 61.4 Å². The van der Waals surface area contributed by atoms with Crippen molar-refractivity contribution in [2.75, 3.05) is 13.2 Å². The van der Waals surface area contributed by atoms with Gasteiger partial charge < -0.3 is 20.1 Å². The van der Waals surface area contributed by atoms with Crippen LogP contribution in [0.25, 0.3) is 11.1 Å². The van der Waals surface area contributed by atoms with Gasteiger partial charge in [0.25, 0.3) is 0 Å². The van der Waals surface area contributed by atoms with Gasteiger partial charge in [0.15, 0.2) is 0 Å². The number of alkyl carbamates (subject to hydrolysis) is 1. The van der Waals surface area contributed by atoms with Gasteiger partial charge in [-0.15, -0.1) is 0 Å². The number of nitrogens with zero attached hydrogens (tertiary/aromatic N) is 1. The van der Waals surface area contributed by atoms with Crippen molar-refractivity contribution >= 4 is 18.0 Å². The van der Waals surface area contributed by atoms with Crippen LogP contribution >= 0.6 is 0 Å². The summed E-state index contributed by atoms with van der Waals surface area (Å²) in [7, 11) is 0. The maximum atomic E-state index is 12.9. The number of carboxylic acids is 1. The first-order valence-electron chi connectivity index (χ1n) is 12.7. The summed E-state index contributed by atoms with van der Waals surface area (Å²) in [6.45, 7) is 0.747. The van der Waals surface area contributed by atoms with Crippen molar-refractivity contribution in [3.8, 4) is 11.1 Å². The second kappa shape index (κ2) is 10.1. The van der Waals surface area contributed by atoms with Crippen LogP contribution in [0, 0.1) is 5.92 Å². The lowest BCUT2D eigenvalue weighted by Crippen LogP contribution is -2.46. The van der Waals surface area contributed by atoms with Crippen LogP contribution in [0.4, 0.5) is 4.79 Å². The number of carboxylic acid groups (broad SMARTS) is 1. The highest BCUT2D eigenvalue weighted by molar-refractivity contribution is 5.84. The minimum atomic E-state index is -0.937. The summed E-state index contributed by atoms with van der Waals surface area (Å²) in [5.41, 5.74) is 4.71. The fraction of sp³-hybridized carbons (Fsp3) is 0.464. The highest BCUT2D eigenvalue weighted by atomic mass is 16.5. The quantitative estimate of drug-likeness (QED) is 0.638. The Kier molecular flexibility index (Phi) is 6.75. The lowest BCUT2D eigenvalue weighted by atomic mass is 9.82. The number of ether oxygens (including phenoxy) is 1. The summed E-state index contributed by atoms with van der Waals surface area (Å²) in [5, 5.41) is 12.4. The lowest BCUT2D eigenvalue weighted by Gasteiger charge is -2.33. The first-order chi connectivity index (χ1) is 17.0. The fourth-order valence-corrected chi connectivity index (χ4v) is 6.10. The summed E-state index contributed by atoms with van der Waals surface area (Å²) < 4.78 is 5.72. The number of amides is 2. The van der Waals surface area contributed by atoms with Crippen LogP contribution < -0.4 is 5.32 Å². The predicted octanol–water partition coefficient (Wildman–Crippen LogP) is 4.55. The zero-order chi connectivity index (χ0) is 24.4. The van der Waals surface area contributed by atoms with E-state index in [4.69, 9.17) is 4.74 Å². The van der Waals surface area contributed by atoms with E-state index in [1.54, 1.807) is 0 Å². The molecule has 7 nitrogen and oxygen atoms in total. The molecule has 2 aromatic carbocycles. The van der Waals surface area contributed by atoms with Crippen LogP contribution in [0.2, 0.25) is 0 Å². The van der Waals surface area contributed by atoms with Gasteiger partial charge in [0, 0.05) is 24.9 Å². The SMILES string of the molecule is O=C(N[C@@H]1CCCC[C@@H]1CC(=O)N1CCC[C@H]1C(=O)O)OCC1c2ccccc2-c2ccccc21. The monoisotopic (exact) mass is 476 g/mol. The van der Waals surface area contributed by atoms with Gasteiger partial charge in [-0.2, -0.15) is 0 Å². The second-order valence-corrected chi connectivity index (χ2v) is 9.91. The third kappa shape index (κ3) is 4.77. The number of fused-ring (bicyclic) bond motifs is 3. The predicted molar refractivity (Wildman–Crippen MR) is 131 cm³/mol.